The summed E-state index contributed by atoms with van der Waals surface area (Å²) in [6, 6.07) is 3.15. The smallest absolute Gasteiger partial charge is 0.222 e. The van der Waals surface area contributed by atoms with Crippen molar-refractivity contribution in [2.75, 3.05) is 13.1 Å². The third kappa shape index (κ3) is 3.76. The van der Waals surface area contributed by atoms with E-state index in [9.17, 15) is 13.6 Å². The van der Waals surface area contributed by atoms with Crippen LogP contribution in [0.5, 0.6) is 0 Å². The van der Waals surface area contributed by atoms with Crippen LogP contribution in [0.4, 0.5) is 8.78 Å². The van der Waals surface area contributed by atoms with E-state index >= 15 is 0 Å². The third-order valence-electron chi connectivity index (χ3n) is 3.71. The Balaban J connectivity index is 2.02. The molecule has 110 valence electrons. The molecule has 1 aromatic rings. The molecule has 1 atom stereocenters. The van der Waals surface area contributed by atoms with Gasteiger partial charge in [-0.2, -0.15) is 0 Å². The molecule has 0 bridgehead atoms. The van der Waals surface area contributed by atoms with E-state index in [4.69, 9.17) is 5.73 Å². The molecule has 20 heavy (non-hydrogen) atoms. The summed E-state index contributed by atoms with van der Waals surface area (Å²) in [5.41, 5.74) is 6.53. The second-order valence-electron chi connectivity index (χ2n) is 5.28. The lowest BCUT2D eigenvalue weighted by molar-refractivity contribution is -0.132. The maximum absolute atomic E-state index is 13.2. The van der Waals surface area contributed by atoms with Crippen molar-refractivity contribution in [1.82, 2.24) is 4.90 Å². The highest BCUT2D eigenvalue weighted by molar-refractivity contribution is 5.76. The number of benzene rings is 1. The summed E-state index contributed by atoms with van der Waals surface area (Å²) < 4.78 is 26.1. The molecule has 1 fully saturated rings. The summed E-state index contributed by atoms with van der Waals surface area (Å²) >= 11 is 0. The number of hydrogen-bond donors (Lipinski definition) is 1. The van der Waals surface area contributed by atoms with Crippen molar-refractivity contribution >= 4 is 5.91 Å². The first-order chi connectivity index (χ1) is 9.58. The fourth-order valence-corrected chi connectivity index (χ4v) is 2.49. The molecule has 1 saturated heterocycles. The predicted octanol–water partition coefficient (Wildman–Crippen LogP) is 2.76. The fraction of sp³-hybridized carbons (Fsp3) is 0.533. The maximum Gasteiger partial charge on any atom is 0.222 e. The molecule has 1 aromatic carbocycles. The molecule has 0 aliphatic carbocycles. The molecule has 0 saturated carbocycles. The first-order valence-electron chi connectivity index (χ1n) is 7.06. The van der Waals surface area contributed by atoms with Gasteiger partial charge < -0.3 is 10.6 Å². The highest BCUT2D eigenvalue weighted by atomic mass is 19.2. The van der Waals surface area contributed by atoms with Gasteiger partial charge >= 0.3 is 0 Å². The summed E-state index contributed by atoms with van der Waals surface area (Å²) in [4.78, 5) is 13.7. The Hall–Kier alpha value is -1.49. The van der Waals surface area contributed by atoms with Crippen molar-refractivity contribution < 1.29 is 13.6 Å². The summed E-state index contributed by atoms with van der Waals surface area (Å²) in [7, 11) is 0. The van der Waals surface area contributed by atoms with Crippen molar-refractivity contribution in [2.24, 2.45) is 5.73 Å². The number of carbonyl (C=O) groups is 1. The average Bonchev–Trinajstić information content (AvgIpc) is 2.41. The van der Waals surface area contributed by atoms with Gasteiger partial charge in [-0.15, -0.1) is 0 Å². The highest BCUT2D eigenvalue weighted by Crippen LogP contribution is 2.18. The lowest BCUT2D eigenvalue weighted by Gasteiger charge is -2.27. The van der Waals surface area contributed by atoms with Crippen molar-refractivity contribution in [3.8, 4) is 0 Å². The molecular weight excluding hydrogens is 262 g/mol. The van der Waals surface area contributed by atoms with Crippen LogP contribution in [0.2, 0.25) is 0 Å². The van der Waals surface area contributed by atoms with Crippen LogP contribution in [0.15, 0.2) is 18.2 Å². The van der Waals surface area contributed by atoms with Crippen molar-refractivity contribution in [1.29, 1.82) is 0 Å². The lowest BCUT2D eigenvalue weighted by atomic mass is 10.0. The molecule has 0 aromatic heterocycles. The summed E-state index contributed by atoms with van der Waals surface area (Å²) in [5, 5.41) is 0. The van der Waals surface area contributed by atoms with Gasteiger partial charge in [0.25, 0.3) is 0 Å². The topological polar surface area (TPSA) is 46.3 Å². The normalized spacial score (nSPS) is 18.6. The monoisotopic (exact) mass is 282 g/mol. The van der Waals surface area contributed by atoms with Crippen LogP contribution in [0.1, 0.15) is 43.7 Å². The summed E-state index contributed by atoms with van der Waals surface area (Å²) in [6.07, 6.45) is 4.63. The molecule has 5 heteroatoms. The SMILES string of the molecule is NC(CN1CCCCCCC1=O)c1ccc(F)c(F)c1. The van der Waals surface area contributed by atoms with Gasteiger partial charge in [-0.05, 0) is 30.5 Å². The molecule has 1 aliphatic rings. The van der Waals surface area contributed by atoms with Crippen molar-refractivity contribution in [2.45, 2.75) is 38.1 Å². The van der Waals surface area contributed by atoms with E-state index in [2.05, 4.69) is 0 Å². The van der Waals surface area contributed by atoms with Crippen LogP contribution in [-0.2, 0) is 4.79 Å². The number of halogens is 2. The van der Waals surface area contributed by atoms with E-state index in [1.165, 1.54) is 6.07 Å². The maximum atomic E-state index is 13.2. The van der Waals surface area contributed by atoms with E-state index in [-0.39, 0.29) is 5.91 Å². The Morgan fingerprint density at radius 1 is 1.15 bits per heavy atom. The van der Waals surface area contributed by atoms with E-state index in [0.717, 1.165) is 37.8 Å². The number of carbonyl (C=O) groups excluding carboxylic acids is 1. The lowest BCUT2D eigenvalue weighted by Crippen LogP contribution is -2.38. The Bertz CT molecular complexity index is 479. The van der Waals surface area contributed by atoms with Gasteiger partial charge in [-0.1, -0.05) is 18.9 Å². The van der Waals surface area contributed by atoms with Gasteiger partial charge in [-0.25, -0.2) is 8.78 Å². The molecular formula is C15H20F2N2O. The van der Waals surface area contributed by atoms with Gasteiger partial charge in [0.05, 0.1) is 0 Å². The zero-order chi connectivity index (χ0) is 14.5. The number of amides is 1. The van der Waals surface area contributed by atoms with Crippen LogP contribution >= 0.6 is 0 Å². The van der Waals surface area contributed by atoms with Gasteiger partial charge in [0.1, 0.15) is 0 Å². The third-order valence-corrected chi connectivity index (χ3v) is 3.71. The first kappa shape index (κ1) is 14.9. The minimum Gasteiger partial charge on any atom is -0.341 e. The van der Waals surface area contributed by atoms with Crippen LogP contribution in [0.3, 0.4) is 0 Å². The molecule has 2 N–H and O–H groups in total. The van der Waals surface area contributed by atoms with Crippen molar-refractivity contribution in [3.05, 3.63) is 35.4 Å². The second-order valence-corrected chi connectivity index (χ2v) is 5.28. The number of likely N-dealkylation sites (tertiary alicyclic amines) is 1. The molecule has 1 amide bonds. The van der Waals surface area contributed by atoms with Crippen LogP contribution in [0.25, 0.3) is 0 Å². The van der Waals surface area contributed by atoms with E-state index in [1.54, 1.807) is 4.90 Å². The quantitative estimate of drug-likeness (QED) is 0.926. The van der Waals surface area contributed by atoms with Gasteiger partial charge in [-0.3, -0.25) is 4.79 Å². The minimum absolute atomic E-state index is 0.0998. The molecule has 2 rings (SSSR count). The zero-order valence-electron chi connectivity index (χ0n) is 11.4. The highest BCUT2D eigenvalue weighted by Gasteiger charge is 2.19. The van der Waals surface area contributed by atoms with E-state index < -0.39 is 17.7 Å². The average molecular weight is 282 g/mol. The van der Waals surface area contributed by atoms with Crippen LogP contribution in [-0.4, -0.2) is 23.9 Å². The number of rotatable bonds is 3. The molecule has 0 spiro atoms. The molecule has 1 aliphatic heterocycles. The Labute approximate surface area is 117 Å². The summed E-state index contributed by atoms with van der Waals surface area (Å²) in [6.45, 7) is 1.04. The Morgan fingerprint density at radius 2 is 1.90 bits per heavy atom. The molecule has 1 heterocycles. The minimum atomic E-state index is -0.906. The van der Waals surface area contributed by atoms with Gasteiger partial charge in [0, 0.05) is 25.6 Å². The Kier molecular flexibility index (Phi) is 5.06. The van der Waals surface area contributed by atoms with Crippen molar-refractivity contribution in [3.63, 3.8) is 0 Å². The molecule has 3 nitrogen and oxygen atoms in total. The number of nitrogens with two attached hydrogens (primary N) is 1. The van der Waals surface area contributed by atoms with E-state index in [0.29, 0.717) is 25.1 Å². The largest absolute Gasteiger partial charge is 0.341 e. The predicted molar refractivity (Wildman–Crippen MR) is 73.0 cm³/mol. The molecule has 1 unspecified atom stereocenters. The van der Waals surface area contributed by atoms with Crippen LogP contribution in [0, 0.1) is 11.6 Å². The number of hydrogen-bond acceptors (Lipinski definition) is 2. The van der Waals surface area contributed by atoms with Crippen LogP contribution < -0.4 is 5.73 Å². The van der Waals surface area contributed by atoms with Gasteiger partial charge in [0.2, 0.25) is 5.91 Å². The second kappa shape index (κ2) is 6.79. The first-order valence-corrected chi connectivity index (χ1v) is 7.06. The zero-order valence-corrected chi connectivity index (χ0v) is 11.4. The summed E-state index contributed by atoms with van der Waals surface area (Å²) in [5.74, 6) is -1.69. The molecule has 0 radical (unpaired) electrons. The van der Waals surface area contributed by atoms with E-state index in [1.807, 2.05) is 0 Å². The standard InChI is InChI=1S/C15H20F2N2O/c16-12-7-6-11(9-13(12)17)14(18)10-19-8-4-2-1-3-5-15(19)20/h6-7,9,14H,1-5,8,10,18H2. The Morgan fingerprint density at radius 3 is 2.65 bits per heavy atom. The van der Waals surface area contributed by atoms with Gasteiger partial charge in [0.15, 0.2) is 11.6 Å². The fourth-order valence-electron chi connectivity index (χ4n) is 2.49. The number of nitrogens with zero attached hydrogens (tertiary/aromatic N) is 1.